The zero-order chi connectivity index (χ0) is 17.6. The summed E-state index contributed by atoms with van der Waals surface area (Å²) in [6, 6.07) is 16.2. The number of ether oxygens (including phenoxy) is 1. The van der Waals surface area contributed by atoms with E-state index in [1.165, 1.54) is 5.56 Å². The Kier molecular flexibility index (Phi) is 7.49. The summed E-state index contributed by atoms with van der Waals surface area (Å²) in [5.74, 6) is 0.922. The van der Waals surface area contributed by atoms with Gasteiger partial charge in [0, 0.05) is 0 Å². The van der Waals surface area contributed by atoms with Crippen LogP contribution in [0.3, 0.4) is 0 Å². The molecule has 4 nitrogen and oxygen atoms in total. The number of benzene rings is 2. The SMILES string of the molecule is Cc1cccc(COc2ccc(C(C)NC(=O)C3CCCN3)cc2)c1.Cl. The number of amides is 1. The van der Waals surface area contributed by atoms with Gasteiger partial charge in [-0.2, -0.15) is 0 Å². The van der Waals surface area contributed by atoms with Gasteiger partial charge in [-0.05, 0) is 56.5 Å². The van der Waals surface area contributed by atoms with E-state index >= 15 is 0 Å². The van der Waals surface area contributed by atoms with Gasteiger partial charge in [0.1, 0.15) is 12.4 Å². The molecule has 2 N–H and O–H groups in total. The van der Waals surface area contributed by atoms with Gasteiger partial charge in [0.25, 0.3) is 0 Å². The third-order valence-electron chi connectivity index (χ3n) is 4.60. The van der Waals surface area contributed by atoms with Crippen molar-refractivity contribution in [1.29, 1.82) is 0 Å². The summed E-state index contributed by atoms with van der Waals surface area (Å²) in [6.45, 7) is 5.57. The largest absolute Gasteiger partial charge is 0.489 e. The summed E-state index contributed by atoms with van der Waals surface area (Å²) in [4.78, 5) is 12.2. The molecule has 1 aliphatic rings. The van der Waals surface area contributed by atoms with Crippen molar-refractivity contribution in [3.05, 3.63) is 65.2 Å². The molecule has 0 saturated carbocycles. The van der Waals surface area contributed by atoms with Crippen LogP contribution in [0.25, 0.3) is 0 Å². The average Bonchev–Trinajstić information content (AvgIpc) is 3.15. The van der Waals surface area contributed by atoms with Crippen LogP contribution in [0.1, 0.15) is 42.5 Å². The molecule has 0 bridgehead atoms. The maximum absolute atomic E-state index is 12.2. The fourth-order valence-electron chi connectivity index (χ4n) is 3.13. The summed E-state index contributed by atoms with van der Waals surface area (Å²) >= 11 is 0. The molecule has 2 aromatic carbocycles. The smallest absolute Gasteiger partial charge is 0.237 e. The third kappa shape index (κ3) is 5.48. The normalized spacial score (nSPS) is 17.2. The van der Waals surface area contributed by atoms with Gasteiger partial charge < -0.3 is 15.4 Å². The molecule has 1 heterocycles. The van der Waals surface area contributed by atoms with E-state index in [-0.39, 0.29) is 30.4 Å². The highest BCUT2D eigenvalue weighted by molar-refractivity contribution is 5.85. The molecular weight excluding hydrogens is 348 g/mol. The molecule has 0 aliphatic carbocycles. The molecule has 5 heteroatoms. The minimum Gasteiger partial charge on any atom is -0.489 e. The molecule has 0 radical (unpaired) electrons. The monoisotopic (exact) mass is 374 g/mol. The number of hydrogen-bond donors (Lipinski definition) is 2. The first-order valence-corrected chi connectivity index (χ1v) is 8.94. The van der Waals surface area contributed by atoms with Gasteiger partial charge in [0.05, 0.1) is 12.1 Å². The molecule has 0 aromatic heterocycles. The second kappa shape index (κ2) is 9.60. The van der Waals surface area contributed by atoms with Crippen molar-refractivity contribution in [2.75, 3.05) is 6.54 Å². The molecule has 1 saturated heterocycles. The van der Waals surface area contributed by atoms with Crippen LogP contribution in [0, 0.1) is 6.92 Å². The Morgan fingerprint density at radius 2 is 2.04 bits per heavy atom. The van der Waals surface area contributed by atoms with Crippen molar-refractivity contribution >= 4 is 18.3 Å². The lowest BCUT2D eigenvalue weighted by Crippen LogP contribution is -2.41. The quantitative estimate of drug-likeness (QED) is 0.805. The van der Waals surface area contributed by atoms with Crippen molar-refractivity contribution in [2.24, 2.45) is 0 Å². The molecule has 1 aliphatic heterocycles. The number of rotatable bonds is 6. The lowest BCUT2D eigenvalue weighted by molar-refractivity contribution is -0.123. The second-order valence-electron chi connectivity index (χ2n) is 6.73. The van der Waals surface area contributed by atoms with E-state index < -0.39 is 0 Å². The van der Waals surface area contributed by atoms with Crippen molar-refractivity contribution in [3.8, 4) is 5.75 Å². The fraction of sp³-hybridized carbons (Fsp3) is 0.381. The van der Waals surface area contributed by atoms with E-state index in [0.717, 1.165) is 36.3 Å². The summed E-state index contributed by atoms with van der Waals surface area (Å²) < 4.78 is 5.85. The van der Waals surface area contributed by atoms with Gasteiger partial charge in [-0.15, -0.1) is 12.4 Å². The van der Waals surface area contributed by atoms with E-state index in [0.29, 0.717) is 6.61 Å². The summed E-state index contributed by atoms with van der Waals surface area (Å²) in [7, 11) is 0. The molecule has 2 unspecified atom stereocenters. The van der Waals surface area contributed by atoms with E-state index in [4.69, 9.17) is 4.74 Å². The predicted octanol–water partition coefficient (Wildman–Crippen LogP) is 3.93. The van der Waals surface area contributed by atoms with Gasteiger partial charge in [0.15, 0.2) is 0 Å². The van der Waals surface area contributed by atoms with Crippen LogP contribution < -0.4 is 15.4 Å². The van der Waals surface area contributed by atoms with Crippen LogP contribution in [0.15, 0.2) is 48.5 Å². The predicted molar refractivity (Wildman–Crippen MR) is 107 cm³/mol. The van der Waals surface area contributed by atoms with Gasteiger partial charge >= 0.3 is 0 Å². The topological polar surface area (TPSA) is 50.4 Å². The molecule has 2 atom stereocenters. The number of halogens is 1. The Morgan fingerprint density at radius 3 is 2.69 bits per heavy atom. The summed E-state index contributed by atoms with van der Waals surface area (Å²) in [5, 5.41) is 6.31. The summed E-state index contributed by atoms with van der Waals surface area (Å²) in [5.41, 5.74) is 3.47. The van der Waals surface area contributed by atoms with Gasteiger partial charge in [-0.3, -0.25) is 4.79 Å². The Hall–Kier alpha value is -2.04. The highest BCUT2D eigenvalue weighted by Gasteiger charge is 2.23. The standard InChI is InChI=1S/C21H26N2O2.ClH/c1-15-5-3-6-17(13-15)14-25-19-10-8-18(9-11-19)16(2)23-21(24)20-7-4-12-22-20;/h3,5-6,8-11,13,16,20,22H,4,7,12,14H2,1-2H3,(H,23,24);1H. The number of carbonyl (C=O) groups is 1. The highest BCUT2D eigenvalue weighted by atomic mass is 35.5. The van der Waals surface area contributed by atoms with Crippen LogP contribution in [0.4, 0.5) is 0 Å². The van der Waals surface area contributed by atoms with Gasteiger partial charge in [0.2, 0.25) is 5.91 Å². The maximum atomic E-state index is 12.2. The molecule has 1 amide bonds. The number of hydrogen-bond acceptors (Lipinski definition) is 3. The van der Waals surface area contributed by atoms with Crippen LogP contribution in [0.5, 0.6) is 5.75 Å². The van der Waals surface area contributed by atoms with Crippen LogP contribution >= 0.6 is 12.4 Å². The molecule has 2 aromatic rings. The van der Waals surface area contributed by atoms with Gasteiger partial charge in [-0.1, -0.05) is 42.0 Å². The van der Waals surface area contributed by atoms with Crippen molar-refractivity contribution in [3.63, 3.8) is 0 Å². The molecule has 0 spiro atoms. The number of nitrogens with one attached hydrogen (secondary N) is 2. The van der Waals surface area contributed by atoms with E-state index in [9.17, 15) is 4.79 Å². The Labute approximate surface area is 161 Å². The molecule has 140 valence electrons. The zero-order valence-electron chi connectivity index (χ0n) is 15.3. The van der Waals surface area contributed by atoms with Crippen LogP contribution in [-0.4, -0.2) is 18.5 Å². The third-order valence-corrected chi connectivity index (χ3v) is 4.60. The zero-order valence-corrected chi connectivity index (χ0v) is 16.1. The summed E-state index contributed by atoms with van der Waals surface area (Å²) in [6.07, 6.45) is 1.99. The lowest BCUT2D eigenvalue weighted by Gasteiger charge is -2.18. The van der Waals surface area contributed by atoms with E-state index in [1.54, 1.807) is 0 Å². The van der Waals surface area contributed by atoms with E-state index in [1.807, 2.05) is 37.3 Å². The first kappa shape index (κ1) is 20.3. The molecule has 26 heavy (non-hydrogen) atoms. The average molecular weight is 375 g/mol. The van der Waals surface area contributed by atoms with Crippen molar-refractivity contribution < 1.29 is 9.53 Å². The molecule has 1 fully saturated rings. The minimum atomic E-state index is -0.0422. The lowest BCUT2D eigenvalue weighted by atomic mass is 10.1. The minimum absolute atomic E-state index is 0. The first-order valence-electron chi connectivity index (χ1n) is 8.94. The highest BCUT2D eigenvalue weighted by Crippen LogP contribution is 2.19. The second-order valence-corrected chi connectivity index (χ2v) is 6.73. The fourth-order valence-corrected chi connectivity index (χ4v) is 3.13. The molecule has 3 rings (SSSR count). The first-order chi connectivity index (χ1) is 12.1. The number of aryl methyl sites for hydroxylation is 1. The Morgan fingerprint density at radius 1 is 1.27 bits per heavy atom. The van der Waals surface area contributed by atoms with Gasteiger partial charge in [-0.25, -0.2) is 0 Å². The van der Waals surface area contributed by atoms with E-state index in [2.05, 4.69) is 35.8 Å². The van der Waals surface area contributed by atoms with Crippen LogP contribution in [-0.2, 0) is 11.4 Å². The van der Waals surface area contributed by atoms with Crippen molar-refractivity contribution in [2.45, 2.75) is 45.4 Å². The number of carbonyl (C=O) groups excluding carboxylic acids is 1. The Bertz CT molecular complexity index is 712. The Balaban J connectivity index is 0.00000243. The van der Waals surface area contributed by atoms with Crippen molar-refractivity contribution in [1.82, 2.24) is 10.6 Å². The molecular formula is C21H27ClN2O2. The van der Waals surface area contributed by atoms with Crippen LogP contribution in [0.2, 0.25) is 0 Å². The maximum Gasteiger partial charge on any atom is 0.237 e.